The summed E-state index contributed by atoms with van der Waals surface area (Å²) in [6, 6.07) is 9.31. The lowest BCUT2D eigenvalue weighted by Gasteiger charge is -2.34. The van der Waals surface area contributed by atoms with Crippen LogP contribution in [0.25, 0.3) is 5.69 Å². The lowest BCUT2D eigenvalue weighted by Crippen LogP contribution is -2.40. The molecule has 1 fully saturated rings. The van der Waals surface area contributed by atoms with Crippen LogP contribution < -0.4 is 10.1 Å². The number of rotatable bonds is 7. The van der Waals surface area contributed by atoms with Crippen LogP contribution in [0.15, 0.2) is 36.5 Å². The summed E-state index contributed by atoms with van der Waals surface area (Å²) >= 11 is 0. The van der Waals surface area contributed by atoms with E-state index in [1.807, 2.05) is 24.3 Å². The van der Waals surface area contributed by atoms with Crippen molar-refractivity contribution < 1.29 is 9.53 Å². The Balaban J connectivity index is 1.45. The molecule has 0 aliphatic carbocycles. The molecule has 2 atom stereocenters. The minimum Gasteiger partial charge on any atom is -0.497 e. The first kappa shape index (κ1) is 19.4. The number of piperidine rings is 1. The minimum absolute atomic E-state index is 0.123. The first-order valence-corrected chi connectivity index (χ1v) is 9.76. The van der Waals surface area contributed by atoms with Crippen LogP contribution >= 0.6 is 0 Å². The van der Waals surface area contributed by atoms with Crippen molar-refractivity contribution in [3.63, 3.8) is 0 Å². The number of ether oxygens (including phenoxy) is 1. The van der Waals surface area contributed by atoms with E-state index in [1.165, 1.54) is 19.5 Å². The number of aromatic nitrogens is 2. The Morgan fingerprint density at radius 2 is 1.89 bits per heavy atom. The molecular weight excluding hydrogens is 340 g/mol. The van der Waals surface area contributed by atoms with E-state index >= 15 is 0 Å². The molecule has 2 aromatic rings. The first-order chi connectivity index (χ1) is 13.0. The molecule has 6 nitrogen and oxygen atoms in total. The molecule has 1 aromatic heterocycles. The highest BCUT2D eigenvalue weighted by Crippen LogP contribution is 2.20. The molecule has 146 valence electrons. The van der Waals surface area contributed by atoms with Crippen LogP contribution in [0.4, 0.5) is 0 Å². The predicted octanol–water partition coefficient (Wildman–Crippen LogP) is 2.98. The van der Waals surface area contributed by atoms with Crippen LogP contribution in [-0.4, -0.2) is 53.9 Å². The number of nitrogens with one attached hydrogen (secondary N) is 1. The Labute approximate surface area is 161 Å². The second-order valence-electron chi connectivity index (χ2n) is 7.66. The number of hydrogen-bond acceptors (Lipinski definition) is 4. The molecule has 0 radical (unpaired) electrons. The summed E-state index contributed by atoms with van der Waals surface area (Å²) in [5, 5.41) is 7.36. The molecule has 3 rings (SSSR count). The minimum atomic E-state index is -0.123. The van der Waals surface area contributed by atoms with Gasteiger partial charge < -0.3 is 15.0 Å². The summed E-state index contributed by atoms with van der Waals surface area (Å²) in [4.78, 5) is 14.8. The molecule has 1 N–H and O–H groups in total. The van der Waals surface area contributed by atoms with E-state index in [-0.39, 0.29) is 5.91 Å². The van der Waals surface area contributed by atoms with Gasteiger partial charge in [0.25, 0.3) is 5.91 Å². The smallest absolute Gasteiger partial charge is 0.271 e. The van der Waals surface area contributed by atoms with Gasteiger partial charge in [-0.25, -0.2) is 4.68 Å². The van der Waals surface area contributed by atoms with Gasteiger partial charge in [0.2, 0.25) is 0 Å². The van der Waals surface area contributed by atoms with E-state index in [0.717, 1.165) is 36.2 Å². The normalized spacial score (nSPS) is 20.4. The van der Waals surface area contributed by atoms with Gasteiger partial charge in [-0.1, -0.05) is 13.8 Å². The third kappa shape index (κ3) is 5.32. The molecule has 0 spiro atoms. The number of benzene rings is 1. The van der Waals surface area contributed by atoms with E-state index in [9.17, 15) is 4.79 Å². The van der Waals surface area contributed by atoms with Gasteiger partial charge in [-0.3, -0.25) is 4.79 Å². The quantitative estimate of drug-likeness (QED) is 0.761. The Morgan fingerprint density at radius 3 is 2.56 bits per heavy atom. The number of methoxy groups -OCH3 is 1. The number of hydrogen-bond donors (Lipinski definition) is 1. The number of nitrogens with zero attached hydrogens (tertiary/aromatic N) is 3. The van der Waals surface area contributed by atoms with Crippen LogP contribution in [0.1, 0.15) is 37.2 Å². The van der Waals surface area contributed by atoms with Crippen LogP contribution in [0, 0.1) is 11.8 Å². The molecule has 0 saturated carbocycles. The molecule has 27 heavy (non-hydrogen) atoms. The Hall–Kier alpha value is -2.34. The number of carbonyl (C=O) groups is 1. The maximum atomic E-state index is 12.3. The number of amides is 1. The lowest BCUT2D eigenvalue weighted by atomic mass is 9.92. The molecule has 2 unspecified atom stereocenters. The zero-order chi connectivity index (χ0) is 19.2. The summed E-state index contributed by atoms with van der Waals surface area (Å²) in [6.07, 6.45) is 4.09. The second-order valence-corrected chi connectivity index (χ2v) is 7.66. The van der Waals surface area contributed by atoms with Crippen LogP contribution in [-0.2, 0) is 0 Å². The Kier molecular flexibility index (Phi) is 6.50. The van der Waals surface area contributed by atoms with Crippen LogP contribution in [0.5, 0.6) is 5.75 Å². The number of likely N-dealkylation sites (tertiary alicyclic amines) is 1. The molecule has 1 aliphatic rings. The largest absolute Gasteiger partial charge is 0.497 e. The second kappa shape index (κ2) is 9.04. The highest BCUT2D eigenvalue weighted by molar-refractivity contribution is 5.92. The highest BCUT2D eigenvalue weighted by Gasteiger charge is 2.21. The summed E-state index contributed by atoms with van der Waals surface area (Å²) < 4.78 is 6.86. The van der Waals surface area contributed by atoms with Gasteiger partial charge in [0.05, 0.1) is 12.8 Å². The van der Waals surface area contributed by atoms with E-state index in [1.54, 1.807) is 24.1 Å². The average Bonchev–Trinajstić information content (AvgIpc) is 3.15. The van der Waals surface area contributed by atoms with Gasteiger partial charge in [-0.15, -0.1) is 0 Å². The fourth-order valence-electron chi connectivity index (χ4n) is 3.89. The molecular formula is C21H30N4O2. The van der Waals surface area contributed by atoms with Gasteiger partial charge in [0.15, 0.2) is 5.69 Å². The van der Waals surface area contributed by atoms with Crippen LogP contribution in [0.3, 0.4) is 0 Å². The predicted molar refractivity (Wildman–Crippen MR) is 106 cm³/mol. The first-order valence-electron chi connectivity index (χ1n) is 9.76. The van der Waals surface area contributed by atoms with Crippen molar-refractivity contribution in [1.82, 2.24) is 20.0 Å². The third-order valence-corrected chi connectivity index (χ3v) is 5.04. The maximum Gasteiger partial charge on any atom is 0.271 e. The van der Waals surface area contributed by atoms with Crippen molar-refractivity contribution in [2.24, 2.45) is 11.8 Å². The van der Waals surface area contributed by atoms with Crippen molar-refractivity contribution in [2.75, 3.05) is 33.3 Å². The van der Waals surface area contributed by atoms with Gasteiger partial charge in [0.1, 0.15) is 5.75 Å². The Morgan fingerprint density at radius 1 is 1.19 bits per heavy atom. The topological polar surface area (TPSA) is 59.4 Å². The van der Waals surface area contributed by atoms with Gasteiger partial charge in [-0.05, 0) is 61.6 Å². The monoisotopic (exact) mass is 370 g/mol. The molecule has 1 saturated heterocycles. The van der Waals surface area contributed by atoms with Gasteiger partial charge >= 0.3 is 0 Å². The SMILES string of the molecule is COc1ccc(-n2ccc(C(=O)NCCCN3CC(C)CC(C)C3)n2)cc1. The van der Waals surface area contributed by atoms with Gasteiger partial charge in [0, 0.05) is 25.8 Å². The molecule has 1 aromatic carbocycles. The number of carbonyl (C=O) groups excluding carboxylic acids is 1. The van der Waals surface area contributed by atoms with Crippen molar-refractivity contribution >= 4 is 5.91 Å². The van der Waals surface area contributed by atoms with Gasteiger partial charge in [-0.2, -0.15) is 5.10 Å². The highest BCUT2D eigenvalue weighted by atomic mass is 16.5. The molecule has 0 bridgehead atoms. The van der Waals surface area contributed by atoms with Crippen molar-refractivity contribution in [3.05, 3.63) is 42.2 Å². The zero-order valence-corrected chi connectivity index (χ0v) is 16.5. The van der Waals surface area contributed by atoms with Crippen molar-refractivity contribution in [3.8, 4) is 11.4 Å². The maximum absolute atomic E-state index is 12.3. The van der Waals surface area contributed by atoms with Crippen molar-refractivity contribution in [2.45, 2.75) is 26.7 Å². The fourth-order valence-corrected chi connectivity index (χ4v) is 3.89. The lowest BCUT2D eigenvalue weighted by molar-refractivity contribution is 0.0942. The standard InChI is InChI=1S/C21H30N4O2/c1-16-13-17(2)15-24(14-16)11-4-10-22-21(26)20-9-12-25(23-20)18-5-7-19(27-3)8-6-18/h5-9,12,16-17H,4,10-11,13-15H2,1-3H3,(H,22,26). The van der Waals surface area contributed by atoms with Crippen LogP contribution in [0.2, 0.25) is 0 Å². The molecule has 1 aliphatic heterocycles. The molecule has 1 amide bonds. The van der Waals surface area contributed by atoms with E-state index in [2.05, 4.69) is 29.2 Å². The molecule has 6 heteroatoms. The third-order valence-electron chi connectivity index (χ3n) is 5.04. The summed E-state index contributed by atoms with van der Waals surface area (Å²) in [6.45, 7) is 8.70. The summed E-state index contributed by atoms with van der Waals surface area (Å²) in [5.74, 6) is 2.21. The van der Waals surface area contributed by atoms with Crippen molar-refractivity contribution in [1.29, 1.82) is 0 Å². The van der Waals surface area contributed by atoms with E-state index in [4.69, 9.17) is 4.74 Å². The summed E-state index contributed by atoms with van der Waals surface area (Å²) in [5.41, 5.74) is 1.33. The summed E-state index contributed by atoms with van der Waals surface area (Å²) in [7, 11) is 1.64. The zero-order valence-electron chi connectivity index (χ0n) is 16.5. The molecule has 2 heterocycles. The van der Waals surface area contributed by atoms with E-state index in [0.29, 0.717) is 12.2 Å². The van der Waals surface area contributed by atoms with E-state index < -0.39 is 0 Å². The Bertz CT molecular complexity index is 731. The average molecular weight is 370 g/mol. The fraction of sp³-hybridized carbons (Fsp3) is 0.524.